The van der Waals surface area contributed by atoms with Crippen molar-refractivity contribution in [3.8, 4) is 0 Å². The van der Waals surface area contributed by atoms with E-state index in [0.717, 1.165) is 6.42 Å². The zero-order valence-electron chi connectivity index (χ0n) is 8.26. The van der Waals surface area contributed by atoms with Gasteiger partial charge >= 0.3 is 5.97 Å². The summed E-state index contributed by atoms with van der Waals surface area (Å²) in [6, 6.07) is 0. The van der Waals surface area contributed by atoms with Gasteiger partial charge in [-0.05, 0) is 11.8 Å². The van der Waals surface area contributed by atoms with Crippen molar-refractivity contribution in [2.75, 3.05) is 12.9 Å². The number of rotatable bonds is 3. The molecule has 0 amide bonds. The highest BCUT2D eigenvalue weighted by Gasteiger charge is 2.23. The lowest BCUT2D eigenvalue weighted by Gasteiger charge is -2.22. The van der Waals surface area contributed by atoms with Crippen LogP contribution in [-0.4, -0.2) is 18.8 Å². The molecule has 0 bridgehead atoms. The molecule has 0 N–H and O–H groups in total. The Labute approximate surface area is 80.1 Å². The van der Waals surface area contributed by atoms with E-state index in [-0.39, 0.29) is 17.3 Å². The third-order valence-corrected chi connectivity index (χ3v) is 2.05. The van der Waals surface area contributed by atoms with Gasteiger partial charge in [-0.3, -0.25) is 4.79 Å². The molecule has 1 unspecified atom stereocenters. The van der Waals surface area contributed by atoms with Crippen molar-refractivity contribution < 1.29 is 9.53 Å². The van der Waals surface area contributed by atoms with Crippen LogP contribution in [0.4, 0.5) is 0 Å². The molecular weight excluding hydrogens is 172 g/mol. The molecule has 0 saturated carbocycles. The summed E-state index contributed by atoms with van der Waals surface area (Å²) >= 11 is 4.12. The number of methoxy groups -OCH3 is 1. The molecule has 0 radical (unpaired) electrons. The molecule has 0 saturated heterocycles. The Morgan fingerprint density at radius 1 is 1.50 bits per heavy atom. The highest BCUT2D eigenvalue weighted by atomic mass is 32.1. The van der Waals surface area contributed by atoms with Crippen LogP contribution in [0, 0.1) is 11.3 Å². The highest BCUT2D eigenvalue weighted by molar-refractivity contribution is 7.80. The maximum absolute atomic E-state index is 11.1. The van der Waals surface area contributed by atoms with Gasteiger partial charge < -0.3 is 4.74 Å². The number of ether oxygens (including phenoxy) is 1. The normalized spacial score (nSPS) is 14.1. The van der Waals surface area contributed by atoms with Crippen LogP contribution in [0.5, 0.6) is 0 Å². The number of thiol groups is 1. The first-order valence-electron chi connectivity index (χ1n) is 4.09. The molecule has 72 valence electrons. The van der Waals surface area contributed by atoms with E-state index in [1.54, 1.807) is 0 Å². The van der Waals surface area contributed by atoms with Crippen molar-refractivity contribution in [2.24, 2.45) is 11.3 Å². The monoisotopic (exact) mass is 190 g/mol. The van der Waals surface area contributed by atoms with Gasteiger partial charge in [-0.1, -0.05) is 20.8 Å². The van der Waals surface area contributed by atoms with Crippen molar-refractivity contribution >= 4 is 18.6 Å². The average molecular weight is 190 g/mol. The molecule has 0 aliphatic rings. The van der Waals surface area contributed by atoms with Crippen LogP contribution in [0.2, 0.25) is 0 Å². The van der Waals surface area contributed by atoms with Crippen molar-refractivity contribution in [2.45, 2.75) is 27.2 Å². The second-order valence-corrected chi connectivity index (χ2v) is 4.53. The van der Waals surface area contributed by atoms with Gasteiger partial charge in [-0.25, -0.2) is 0 Å². The third kappa shape index (κ3) is 4.65. The maximum Gasteiger partial charge on any atom is 0.309 e. The summed E-state index contributed by atoms with van der Waals surface area (Å²) in [7, 11) is 1.42. The van der Waals surface area contributed by atoms with Crippen molar-refractivity contribution in [3.63, 3.8) is 0 Å². The molecule has 0 fully saturated rings. The molecule has 0 aliphatic heterocycles. The number of carbonyl (C=O) groups excluding carboxylic acids is 1. The standard InChI is InChI=1S/C9H18O2S/c1-9(2,3)5-7(6-12)8(10)11-4/h7,12H,5-6H2,1-4H3. The topological polar surface area (TPSA) is 26.3 Å². The SMILES string of the molecule is COC(=O)C(CS)CC(C)(C)C. The second-order valence-electron chi connectivity index (χ2n) is 4.17. The summed E-state index contributed by atoms with van der Waals surface area (Å²) in [6.45, 7) is 6.31. The maximum atomic E-state index is 11.1. The Hall–Kier alpha value is -0.180. The lowest BCUT2D eigenvalue weighted by molar-refractivity contribution is -0.145. The summed E-state index contributed by atoms with van der Waals surface area (Å²) in [5.41, 5.74) is 0.154. The van der Waals surface area contributed by atoms with Crippen LogP contribution in [0.1, 0.15) is 27.2 Å². The van der Waals surface area contributed by atoms with Gasteiger partial charge in [0.25, 0.3) is 0 Å². The van der Waals surface area contributed by atoms with Crippen LogP contribution in [-0.2, 0) is 9.53 Å². The van der Waals surface area contributed by atoms with Gasteiger partial charge in [0.15, 0.2) is 0 Å². The van der Waals surface area contributed by atoms with Gasteiger partial charge in [0.05, 0.1) is 13.0 Å². The van der Waals surface area contributed by atoms with Crippen molar-refractivity contribution in [3.05, 3.63) is 0 Å². The van der Waals surface area contributed by atoms with Gasteiger partial charge in [0, 0.05) is 5.75 Å². The van der Waals surface area contributed by atoms with E-state index < -0.39 is 0 Å². The molecule has 0 aliphatic carbocycles. The van der Waals surface area contributed by atoms with Crippen LogP contribution in [0.3, 0.4) is 0 Å². The molecule has 2 nitrogen and oxygen atoms in total. The molecule has 0 spiro atoms. The molecule has 12 heavy (non-hydrogen) atoms. The number of carbonyl (C=O) groups is 1. The summed E-state index contributed by atoms with van der Waals surface area (Å²) in [5.74, 6) is 0.336. The Kier molecular flexibility index (Phi) is 4.68. The first kappa shape index (κ1) is 11.8. The van der Waals surface area contributed by atoms with E-state index in [2.05, 4.69) is 38.1 Å². The van der Waals surface area contributed by atoms with Gasteiger partial charge in [0.2, 0.25) is 0 Å². The third-order valence-electron chi connectivity index (χ3n) is 1.61. The summed E-state index contributed by atoms with van der Waals surface area (Å²) in [5, 5.41) is 0. The minimum atomic E-state index is -0.153. The van der Waals surface area contributed by atoms with Crippen molar-refractivity contribution in [1.29, 1.82) is 0 Å². The van der Waals surface area contributed by atoms with Crippen LogP contribution >= 0.6 is 12.6 Å². The fourth-order valence-corrected chi connectivity index (χ4v) is 1.41. The molecule has 1 atom stereocenters. The molecule has 0 aromatic carbocycles. The van der Waals surface area contributed by atoms with E-state index in [1.807, 2.05) is 0 Å². The van der Waals surface area contributed by atoms with Crippen LogP contribution < -0.4 is 0 Å². The van der Waals surface area contributed by atoms with E-state index in [9.17, 15) is 4.79 Å². The summed E-state index contributed by atoms with van der Waals surface area (Å²) in [4.78, 5) is 11.1. The lowest BCUT2D eigenvalue weighted by Crippen LogP contribution is -2.23. The Bertz CT molecular complexity index is 149. The number of esters is 1. The zero-order valence-corrected chi connectivity index (χ0v) is 9.15. The van der Waals surface area contributed by atoms with Crippen molar-refractivity contribution in [1.82, 2.24) is 0 Å². The largest absolute Gasteiger partial charge is 0.469 e. The molecule has 0 rings (SSSR count). The average Bonchev–Trinajstić information content (AvgIpc) is 1.97. The van der Waals surface area contributed by atoms with Gasteiger partial charge in [-0.15, -0.1) is 0 Å². The number of hydrogen-bond acceptors (Lipinski definition) is 3. The predicted molar refractivity (Wildman–Crippen MR) is 53.4 cm³/mol. The van der Waals surface area contributed by atoms with Crippen LogP contribution in [0.15, 0.2) is 0 Å². The van der Waals surface area contributed by atoms with Gasteiger partial charge in [-0.2, -0.15) is 12.6 Å². The van der Waals surface area contributed by atoms with Crippen LogP contribution in [0.25, 0.3) is 0 Å². The lowest BCUT2D eigenvalue weighted by atomic mass is 9.85. The van der Waals surface area contributed by atoms with Gasteiger partial charge in [0.1, 0.15) is 0 Å². The smallest absolute Gasteiger partial charge is 0.309 e. The van der Waals surface area contributed by atoms with E-state index in [0.29, 0.717) is 5.75 Å². The Morgan fingerprint density at radius 2 is 2.00 bits per heavy atom. The zero-order chi connectivity index (χ0) is 9.78. The Balaban J connectivity index is 4.09. The van der Waals surface area contributed by atoms with E-state index in [4.69, 9.17) is 0 Å². The summed E-state index contributed by atoms with van der Waals surface area (Å²) in [6.07, 6.45) is 0.823. The van der Waals surface area contributed by atoms with E-state index >= 15 is 0 Å². The predicted octanol–water partition coefficient (Wildman–Crippen LogP) is 2.14. The quantitative estimate of drug-likeness (QED) is 0.545. The first-order chi connectivity index (χ1) is 5.40. The second kappa shape index (κ2) is 4.75. The highest BCUT2D eigenvalue weighted by Crippen LogP contribution is 2.25. The van der Waals surface area contributed by atoms with E-state index in [1.165, 1.54) is 7.11 Å². The Morgan fingerprint density at radius 3 is 2.25 bits per heavy atom. The minimum absolute atomic E-state index is 0.0710. The molecule has 0 heterocycles. The summed E-state index contributed by atoms with van der Waals surface area (Å²) < 4.78 is 4.66. The fraction of sp³-hybridized carbons (Fsp3) is 0.889. The first-order valence-corrected chi connectivity index (χ1v) is 4.72. The fourth-order valence-electron chi connectivity index (χ4n) is 1.13. The minimum Gasteiger partial charge on any atom is -0.469 e. The molecule has 3 heteroatoms. The molecule has 0 aromatic heterocycles. The molecule has 0 aromatic rings. The number of hydrogen-bond donors (Lipinski definition) is 1. The molecular formula is C9H18O2S.